The van der Waals surface area contributed by atoms with E-state index in [-0.39, 0.29) is 24.4 Å². The van der Waals surface area contributed by atoms with Crippen LogP contribution in [0.3, 0.4) is 0 Å². The summed E-state index contributed by atoms with van der Waals surface area (Å²) in [7, 11) is 0. The van der Waals surface area contributed by atoms with Crippen molar-refractivity contribution in [2.45, 2.75) is 45.2 Å². The lowest BCUT2D eigenvalue weighted by Crippen LogP contribution is -2.49. The lowest BCUT2D eigenvalue weighted by Gasteiger charge is -2.33. The fourth-order valence-corrected chi connectivity index (χ4v) is 3.16. The van der Waals surface area contributed by atoms with Gasteiger partial charge in [0.15, 0.2) is 0 Å². The molecule has 0 saturated carbocycles. The van der Waals surface area contributed by atoms with E-state index in [1.165, 1.54) is 0 Å². The highest BCUT2D eigenvalue weighted by molar-refractivity contribution is 5.80. The fraction of sp³-hybridized carbons (Fsp3) is 0.556. The van der Waals surface area contributed by atoms with Gasteiger partial charge in [0.2, 0.25) is 5.91 Å². The Morgan fingerprint density at radius 2 is 1.96 bits per heavy atom. The number of hydrogen-bond acceptors (Lipinski definition) is 3. The van der Waals surface area contributed by atoms with Crippen LogP contribution in [-0.2, 0) is 9.59 Å². The molecule has 2 N–H and O–H groups in total. The lowest BCUT2D eigenvalue weighted by molar-refractivity contribution is -0.145. The first-order valence-electron chi connectivity index (χ1n) is 8.30. The number of carboxylic acid groups (broad SMARTS) is 1. The topological polar surface area (TPSA) is 69.6 Å². The van der Waals surface area contributed by atoms with Gasteiger partial charge in [0.05, 0.1) is 12.6 Å². The van der Waals surface area contributed by atoms with Crippen LogP contribution in [0.4, 0.5) is 0 Å². The minimum Gasteiger partial charge on any atom is -0.480 e. The Bertz CT molecular complexity index is 530. The number of carbonyl (C=O) groups is 2. The maximum atomic E-state index is 12.4. The number of nitrogens with one attached hydrogen (secondary N) is 1. The molecule has 2 rings (SSSR count). The molecule has 1 amide bonds. The summed E-state index contributed by atoms with van der Waals surface area (Å²) in [6.07, 6.45) is 2.48. The number of nitrogens with zero attached hydrogens (tertiary/aromatic N) is 1. The van der Waals surface area contributed by atoms with Crippen LogP contribution in [0.5, 0.6) is 0 Å². The molecule has 5 heteroatoms. The average Bonchev–Trinajstić information content (AvgIpc) is 2.53. The SMILES string of the molecule is CC(C)C(NC(=O)CN1CCCCC1C(=O)O)c1ccccc1. The molecule has 23 heavy (non-hydrogen) atoms. The van der Waals surface area contributed by atoms with Crippen LogP contribution in [0.25, 0.3) is 0 Å². The molecule has 1 aliphatic heterocycles. The van der Waals surface area contributed by atoms with E-state index in [0.29, 0.717) is 13.0 Å². The Morgan fingerprint density at radius 3 is 2.57 bits per heavy atom. The first kappa shape index (κ1) is 17.5. The molecule has 5 nitrogen and oxygen atoms in total. The first-order chi connectivity index (χ1) is 11.0. The van der Waals surface area contributed by atoms with Crippen molar-refractivity contribution >= 4 is 11.9 Å². The molecule has 0 aromatic heterocycles. The maximum absolute atomic E-state index is 12.4. The smallest absolute Gasteiger partial charge is 0.320 e. The number of likely N-dealkylation sites (tertiary alicyclic amines) is 1. The molecule has 126 valence electrons. The second kappa shape index (κ2) is 8.11. The molecule has 1 fully saturated rings. The number of aliphatic carboxylic acids is 1. The zero-order valence-corrected chi connectivity index (χ0v) is 13.9. The van der Waals surface area contributed by atoms with Gasteiger partial charge in [0.1, 0.15) is 6.04 Å². The summed E-state index contributed by atoms with van der Waals surface area (Å²) >= 11 is 0. The molecule has 0 radical (unpaired) electrons. The number of carbonyl (C=O) groups excluding carboxylic acids is 1. The quantitative estimate of drug-likeness (QED) is 0.845. The first-order valence-corrected chi connectivity index (χ1v) is 8.30. The van der Waals surface area contributed by atoms with E-state index in [0.717, 1.165) is 18.4 Å². The normalized spacial score (nSPS) is 20.2. The van der Waals surface area contributed by atoms with Gasteiger partial charge in [-0.3, -0.25) is 14.5 Å². The Labute approximate surface area is 137 Å². The van der Waals surface area contributed by atoms with Gasteiger partial charge in [0.25, 0.3) is 0 Å². The predicted octanol–water partition coefficient (Wildman–Crippen LogP) is 2.44. The molecule has 2 unspecified atom stereocenters. The minimum atomic E-state index is -0.832. The average molecular weight is 318 g/mol. The van der Waals surface area contributed by atoms with E-state index in [1.807, 2.05) is 30.3 Å². The van der Waals surface area contributed by atoms with E-state index in [9.17, 15) is 14.7 Å². The highest BCUT2D eigenvalue weighted by atomic mass is 16.4. The van der Waals surface area contributed by atoms with Crippen LogP contribution >= 0.6 is 0 Å². The van der Waals surface area contributed by atoms with Crippen molar-refractivity contribution in [2.24, 2.45) is 5.92 Å². The maximum Gasteiger partial charge on any atom is 0.320 e. The minimum absolute atomic E-state index is 0.0585. The molecule has 0 aliphatic carbocycles. The predicted molar refractivity (Wildman–Crippen MR) is 89.0 cm³/mol. The summed E-state index contributed by atoms with van der Waals surface area (Å²) in [6.45, 7) is 4.95. The van der Waals surface area contributed by atoms with Crippen molar-refractivity contribution in [1.29, 1.82) is 0 Å². The second-order valence-corrected chi connectivity index (χ2v) is 6.52. The van der Waals surface area contributed by atoms with Gasteiger partial charge in [-0.1, -0.05) is 50.6 Å². The highest BCUT2D eigenvalue weighted by Gasteiger charge is 2.30. The number of amides is 1. The van der Waals surface area contributed by atoms with E-state index in [4.69, 9.17) is 0 Å². The number of hydrogen-bond donors (Lipinski definition) is 2. The van der Waals surface area contributed by atoms with E-state index < -0.39 is 12.0 Å². The third-order valence-electron chi connectivity index (χ3n) is 4.39. The Morgan fingerprint density at radius 1 is 1.26 bits per heavy atom. The van der Waals surface area contributed by atoms with Crippen molar-refractivity contribution in [3.05, 3.63) is 35.9 Å². The molecule has 1 heterocycles. The highest BCUT2D eigenvalue weighted by Crippen LogP contribution is 2.22. The van der Waals surface area contributed by atoms with Crippen LogP contribution < -0.4 is 5.32 Å². The third kappa shape index (κ3) is 4.79. The van der Waals surface area contributed by atoms with Gasteiger partial charge in [-0.25, -0.2) is 0 Å². The summed E-state index contributed by atoms with van der Waals surface area (Å²) in [4.78, 5) is 25.5. The van der Waals surface area contributed by atoms with Crippen molar-refractivity contribution in [3.63, 3.8) is 0 Å². The Kier molecular flexibility index (Phi) is 6.16. The lowest BCUT2D eigenvalue weighted by atomic mass is 9.96. The zero-order valence-electron chi connectivity index (χ0n) is 13.9. The second-order valence-electron chi connectivity index (χ2n) is 6.52. The summed E-state index contributed by atoms with van der Waals surface area (Å²) in [5.74, 6) is -0.681. The van der Waals surface area contributed by atoms with Gasteiger partial charge in [-0.05, 0) is 30.9 Å². The largest absolute Gasteiger partial charge is 0.480 e. The third-order valence-corrected chi connectivity index (χ3v) is 4.39. The van der Waals surface area contributed by atoms with Gasteiger partial charge < -0.3 is 10.4 Å². The number of benzene rings is 1. The van der Waals surface area contributed by atoms with Crippen LogP contribution in [0, 0.1) is 5.92 Å². The summed E-state index contributed by atoms with van der Waals surface area (Å²) in [6, 6.07) is 9.29. The van der Waals surface area contributed by atoms with Crippen molar-refractivity contribution < 1.29 is 14.7 Å². The van der Waals surface area contributed by atoms with E-state index in [1.54, 1.807) is 4.90 Å². The number of rotatable bonds is 6. The standard InChI is InChI=1S/C18H26N2O3/c1-13(2)17(14-8-4-3-5-9-14)19-16(21)12-20-11-7-6-10-15(20)18(22)23/h3-5,8-9,13,15,17H,6-7,10-12H2,1-2H3,(H,19,21)(H,22,23). The molecular formula is C18H26N2O3. The molecule has 1 aromatic rings. The van der Waals surface area contributed by atoms with E-state index in [2.05, 4.69) is 19.2 Å². The molecular weight excluding hydrogens is 292 g/mol. The fourth-order valence-electron chi connectivity index (χ4n) is 3.16. The monoisotopic (exact) mass is 318 g/mol. The summed E-state index contributed by atoms with van der Waals surface area (Å²) in [5.41, 5.74) is 1.07. The van der Waals surface area contributed by atoms with Crippen LogP contribution in [-0.4, -0.2) is 41.0 Å². The van der Waals surface area contributed by atoms with Crippen molar-refractivity contribution in [2.75, 3.05) is 13.1 Å². The Balaban J connectivity index is 2.00. The van der Waals surface area contributed by atoms with Crippen LogP contribution in [0.1, 0.15) is 44.7 Å². The number of piperidine rings is 1. The van der Waals surface area contributed by atoms with Crippen LogP contribution in [0.15, 0.2) is 30.3 Å². The molecule has 1 aliphatic rings. The van der Waals surface area contributed by atoms with Gasteiger partial charge in [-0.2, -0.15) is 0 Å². The molecule has 1 aromatic carbocycles. The van der Waals surface area contributed by atoms with Gasteiger partial charge in [-0.15, -0.1) is 0 Å². The summed E-state index contributed by atoms with van der Waals surface area (Å²) < 4.78 is 0. The summed E-state index contributed by atoms with van der Waals surface area (Å²) in [5, 5.41) is 12.4. The zero-order chi connectivity index (χ0) is 16.8. The molecule has 0 bridgehead atoms. The van der Waals surface area contributed by atoms with Crippen LogP contribution in [0.2, 0.25) is 0 Å². The van der Waals surface area contributed by atoms with Gasteiger partial charge >= 0.3 is 5.97 Å². The molecule has 1 saturated heterocycles. The number of carboxylic acids is 1. The van der Waals surface area contributed by atoms with Gasteiger partial charge in [0, 0.05) is 0 Å². The van der Waals surface area contributed by atoms with E-state index >= 15 is 0 Å². The molecule has 0 spiro atoms. The van der Waals surface area contributed by atoms with Crippen molar-refractivity contribution in [3.8, 4) is 0 Å². The molecule has 2 atom stereocenters. The Hall–Kier alpha value is -1.88. The van der Waals surface area contributed by atoms with Crippen molar-refractivity contribution in [1.82, 2.24) is 10.2 Å².